The third-order valence-corrected chi connectivity index (χ3v) is 4.09. The van der Waals surface area contributed by atoms with Crippen LogP contribution < -0.4 is 4.90 Å². The Morgan fingerprint density at radius 2 is 1.42 bits per heavy atom. The van der Waals surface area contributed by atoms with Crippen molar-refractivity contribution in [2.24, 2.45) is 0 Å². The van der Waals surface area contributed by atoms with Gasteiger partial charge >= 0.3 is 12.1 Å². The fourth-order valence-corrected chi connectivity index (χ4v) is 3.03. The Morgan fingerprint density at radius 1 is 0.962 bits per heavy atom. The lowest BCUT2D eigenvalue weighted by Crippen LogP contribution is -2.39. The quantitative estimate of drug-likeness (QED) is 0.777. The average molecular weight is 351 g/mol. The predicted octanol–water partition coefficient (Wildman–Crippen LogP) is 4.07. The zero-order valence-electron chi connectivity index (χ0n) is 14.8. The molecule has 2 aromatic carbocycles. The normalized spacial score (nSPS) is 12.5. The molecule has 2 aromatic rings. The Balaban J connectivity index is 0.000000758. The first kappa shape index (κ1) is 19.2. The lowest BCUT2D eigenvalue weighted by atomic mass is 10.1. The number of carbonyl (C=O) groups is 1. The molecule has 0 saturated carbocycles. The van der Waals surface area contributed by atoms with Crippen LogP contribution in [0.2, 0.25) is 0 Å². The molecule has 0 amide bonds. The van der Waals surface area contributed by atoms with E-state index in [0.29, 0.717) is 13.0 Å². The number of fused-ring (bicyclic) bond motifs is 2. The van der Waals surface area contributed by atoms with Crippen LogP contribution in [0.1, 0.15) is 31.4 Å². The highest BCUT2D eigenvalue weighted by Crippen LogP contribution is 2.38. The molecule has 0 aliphatic carbocycles. The number of benzene rings is 2. The van der Waals surface area contributed by atoms with E-state index in [-0.39, 0.29) is 18.2 Å². The van der Waals surface area contributed by atoms with Crippen molar-refractivity contribution in [3.05, 3.63) is 59.7 Å². The minimum atomic E-state index is -0.336. The summed E-state index contributed by atoms with van der Waals surface area (Å²) >= 11 is 0. The van der Waals surface area contributed by atoms with E-state index in [1.54, 1.807) is 0 Å². The Kier molecular flexibility index (Phi) is 6.89. The van der Waals surface area contributed by atoms with Crippen LogP contribution in [0.4, 0.5) is 11.4 Å². The van der Waals surface area contributed by atoms with Gasteiger partial charge in [-0.25, -0.2) is 4.79 Å². The van der Waals surface area contributed by atoms with Crippen molar-refractivity contribution in [2.45, 2.75) is 26.3 Å². The number of esters is 1. The zero-order chi connectivity index (χ0) is 18.9. The first-order chi connectivity index (χ1) is 12.7. The van der Waals surface area contributed by atoms with E-state index in [0.717, 1.165) is 22.5 Å². The Bertz CT molecular complexity index is 773. The van der Waals surface area contributed by atoms with E-state index < -0.39 is 0 Å². The first-order valence-electron chi connectivity index (χ1n) is 8.49. The molecule has 0 spiro atoms. The second kappa shape index (κ2) is 9.35. The molecule has 0 radical (unpaired) electrons. The summed E-state index contributed by atoms with van der Waals surface area (Å²) < 4.78 is 5.32. The van der Waals surface area contributed by atoms with Gasteiger partial charge < -0.3 is 9.64 Å². The molecule has 0 bridgehead atoms. The standard InChI is InChI=1S/C20H21NO2.CO2/c1-3-17(20(22)23-4-2)21-18-11-7-5-9-15(18)13-14-16-10-6-8-12-19(16)21;2-1-3/h5-14,17H,3-4H2,1-2H3;. The molecule has 1 atom stereocenters. The van der Waals surface area contributed by atoms with Crippen LogP contribution in [0.3, 0.4) is 0 Å². The summed E-state index contributed by atoms with van der Waals surface area (Å²) in [7, 11) is 0. The van der Waals surface area contributed by atoms with Gasteiger partial charge in [0.15, 0.2) is 0 Å². The van der Waals surface area contributed by atoms with Gasteiger partial charge in [-0.1, -0.05) is 55.5 Å². The summed E-state index contributed by atoms with van der Waals surface area (Å²) in [6.07, 6.45) is 5.14. The largest absolute Gasteiger partial charge is 0.464 e. The van der Waals surface area contributed by atoms with Gasteiger partial charge in [0.2, 0.25) is 0 Å². The molecule has 134 valence electrons. The molecule has 5 nitrogen and oxygen atoms in total. The molecule has 1 aliphatic rings. The molecule has 1 unspecified atom stereocenters. The summed E-state index contributed by atoms with van der Waals surface area (Å²) in [5, 5.41) is 0. The predicted molar refractivity (Wildman–Crippen MR) is 99.7 cm³/mol. The maximum Gasteiger partial charge on any atom is 0.373 e. The van der Waals surface area contributed by atoms with Gasteiger partial charge in [-0.2, -0.15) is 9.59 Å². The van der Waals surface area contributed by atoms with Gasteiger partial charge in [0.1, 0.15) is 6.04 Å². The molecular weight excluding hydrogens is 330 g/mol. The van der Waals surface area contributed by atoms with Gasteiger partial charge in [0.05, 0.1) is 6.61 Å². The second-order valence-corrected chi connectivity index (χ2v) is 5.58. The van der Waals surface area contributed by atoms with Crippen molar-refractivity contribution in [2.75, 3.05) is 11.5 Å². The van der Waals surface area contributed by atoms with E-state index in [9.17, 15) is 4.79 Å². The van der Waals surface area contributed by atoms with Crippen molar-refractivity contribution >= 4 is 35.6 Å². The number of anilines is 2. The number of carbonyl (C=O) groups excluding carboxylic acids is 3. The minimum Gasteiger partial charge on any atom is -0.464 e. The van der Waals surface area contributed by atoms with Gasteiger partial charge in [-0.15, -0.1) is 0 Å². The smallest absolute Gasteiger partial charge is 0.373 e. The average Bonchev–Trinajstić information content (AvgIpc) is 2.81. The Hall–Kier alpha value is -3.17. The SMILES string of the molecule is CCOC(=O)C(CC)N1c2ccccc2C=Cc2ccccc21.O=C=O. The van der Waals surface area contributed by atoms with Gasteiger partial charge in [-0.3, -0.25) is 0 Å². The summed E-state index contributed by atoms with van der Waals surface area (Å²) in [6.45, 7) is 4.26. The lowest BCUT2D eigenvalue weighted by Gasteiger charge is -2.33. The maximum atomic E-state index is 12.5. The third-order valence-electron chi connectivity index (χ3n) is 4.09. The zero-order valence-corrected chi connectivity index (χ0v) is 14.8. The van der Waals surface area contributed by atoms with Gasteiger partial charge in [0.25, 0.3) is 0 Å². The number of para-hydroxylation sites is 2. The maximum absolute atomic E-state index is 12.5. The summed E-state index contributed by atoms with van der Waals surface area (Å²) in [6, 6.07) is 16.0. The van der Waals surface area contributed by atoms with Crippen LogP contribution >= 0.6 is 0 Å². The van der Waals surface area contributed by atoms with E-state index in [2.05, 4.69) is 41.3 Å². The van der Waals surface area contributed by atoms with Crippen molar-refractivity contribution in [3.8, 4) is 0 Å². The number of ether oxygens (including phenoxy) is 1. The molecule has 1 heterocycles. The number of hydrogen-bond donors (Lipinski definition) is 0. The third kappa shape index (κ3) is 4.08. The van der Waals surface area contributed by atoms with E-state index >= 15 is 0 Å². The monoisotopic (exact) mass is 351 g/mol. The molecule has 0 fully saturated rings. The molecule has 0 N–H and O–H groups in total. The fourth-order valence-electron chi connectivity index (χ4n) is 3.03. The highest BCUT2D eigenvalue weighted by molar-refractivity contribution is 5.93. The molecular formula is C21H21NO4. The second-order valence-electron chi connectivity index (χ2n) is 5.58. The molecule has 5 heteroatoms. The number of nitrogens with zero attached hydrogens (tertiary/aromatic N) is 1. The minimum absolute atomic E-state index is 0.179. The van der Waals surface area contributed by atoms with Crippen LogP contribution in [0.25, 0.3) is 12.2 Å². The van der Waals surface area contributed by atoms with Crippen molar-refractivity contribution < 1.29 is 19.1 Å². The summed E-state index contributed by atoms with van der Waals surface area (Å²) in [5.74, 6) is -0.179. The topological polar surface area (TPSA) is 63.7 Å². The summed E-state index contributed by atoms with van der Waals surface area (Å²) in [5.41, 5.74) is 4.28. The van der Waals surface area contributed by atoms with Crippen molar-refractivity contribution in [3.63, 3.8) is 0 Å². The summed E-state index contributed by atoms with van der Waals surface area (Å²) in [4.78, 5) is 30.9. The van der Waals surface area contributed by atoms with Crippen molar-refractivity contribution in [1.29, 1.82) is 0 Å². The fraction of sp³-hybridized carbons (Fsp3) is 0.238. The van der Waals surface area contributed by atoms with Crippen molar-refractivity contribution in [1.82, 2.24) is 0 Å². The highest BCUT2D eigenvalue weighted by atomic mass is 16.5. The number of rotatable bonds is 4. The van der Waals surface area contributed by atoms with Crippen LogP contribution in [-0.2, 0) is 19.1 Å². The Morgan fingerprint density at radius 3 is 1.85 bits per heavy atom. The van der Waals surface area contributed by atoms with Crippen LogP contribution in [0.5, 0.6) is 0 Å². The van der Waals surface area contributed by atoms with Crippen LogP contribution in [0, 0.1) is 0 Å². The molecule has 26 heavy (non-hydrogen) atoms. The first-order valence-corrected chi connectivity index (χ1v) is 8.49. The van der Waals surface area contributed by atoms with E-state index in [1.807, 2.05) is 38.1 Å². The van der Waals surface area contributed by atoms with Crippen LogP contribution in [0.15, 0.2) is 48.5 Å². The Labute approximate surface area is 152 Å². The van der Waals surface area contributed by atoms with E-state index in [1.165, 1.54) is 0 Å². The molecule has 1 aliphatic heterocycles. The molecule has 0 saturated heterocycles. The van der Waals surface area contributed by atoms with Gasteiger partial charge in [-0.05, 0) is 36.6 Å². The molecule has 0 aromatic heterocycles. The van der Waals surface area contributed by atoms with E-state index in [4.69, 9.17) is 14.3 Å². The van der Waals surface area contributed by atoms with Crippen LogP contribution in [-0.4, -0.2) is 24.8 Å². The number of hydrogen-bond acceptors (Lipinski definition) is 5. The van der Waals surface area contributed by atoms with Gasteiger partial charge in [0, 0.05) is 11.4 Å². The lowest BCUT2D eigenvalue weighted by molar-refractivity contribution is -0.191. The molecule has 3 rings (SSSR count). The highest BCUT2D eigenvalue weighted by Gasteiger charge is 2.30.